The number of pyridine rings is 2. The number of rotatable bonds is 3. The van der Waals surface area contributed by atoms with Gasteiger partial charge in [-0.2, -0.15) is 0 Å². The smallest absolute Gasteiger partial charge is 0.150 e. The number of aromatic nitrogens is 2. The quantitative estimate of drug-likeness (QED) is 0.866. The molecule has 0 amide bonds. The Morgan fingerprint density at radius 2 is 1.76 bits per heavy atom. The van der Waals surface area contributed by atoms with E-state index in [1.54, 1.807) is 18.5 Å². The van der Waals surface area contributed by atoms with Gasteiger partial charge in [-0.15, -0.1) is 0 Å². The van der Waals surface area contributed by atoms with Crippen molar-refractivity contribution in [3.05, 3.63) is 51.4 Å². The van der Waals surface area contributed by atoms with Crippen molar-refractivity contribution < 1.29 is 0 Å². The Balaban J connectivity index is 2.12. The molecule has 0 aliphatic rings. The molecule has 0 spiro atoms. The summed E-state index contributed by atoms with van der Waals surface area (Å²) in [6.45, 7) is 0.590. The first-order valence-electron chi connectivity index (χ1n) is 4.81. The van der Waals surface area contributed by atoms with Crippen LogP contribution < -0.4 is 5.32 Å². The molecular weight excluding hydrogens is 281 g/mol. The highest BCUT2D eigenvalue weighted by atomic mass is 35.5. The lowest BCUT2D eigenvalue weighted by molar-refractivity contribution is 1.10. The van der Waals surface area contributed by atoms with Crippen LogP contribution in [0.15, 0.2) is 30.6 Å². The summed E-state index contributed by atoms with van der Waals surface area (Å²) >= 11 is 17.6. The highest BCUT2D eigenvalue weighted by Crippen LogP contribution is 2.28. The fourth-order valence-corrected chi connectivity index (χ4v) is 1.82. The molecule has 0 saturated carbocycles. The fraction of sp³-hybridized carbons (Fsp3) is 0.0909. The third-order valence-electron chi connectivity index (χ3n) is 2.10. The van der Waals surface area contributed by atoms with Gasteiger partial charge < -0.3 is 5.32 Å². The second-order valence-corrected chi connectivity index (χ2v) is 4.47. The van der Waals surface area contributed by atoms with E-state index >= 15 is 0 Å². The third kappa shape index (κ3) is 3.22. The first kappa shape index (κ1) is 12.4. The van der Waals surface area contributed by atoms with Gasteiger partial charge in [0.2, 0.25) is 0 Å². The summed E-state index contributed by atoms with van der Waals surface area (Å²) in [5.74, 6) is 0.512. The average Bonchev–Trinajstić information content (AvgIpc) is 2.33. The van der Waals surface area contributed by atoms with Gasteiger partial charge in [0.25, 0.3) is 0 Å². The van der Waals surface area contributed by atoms with E-state index < -0.39 is 0 Å². The molecule has 0 radical (unpaired) electrons. The van der Waals surface area contributed by atoms with Crippen molar-refractivity contribution in [1.29, 1.82) is 0 Å². The average molecular weight is 289 g/mol. The van der Waals surface area contributed by atoms with Crippen molar-refractivity contribution in [1.82, 2.24) is 9.97 Å². The zero-order valence-electron chi connectivity index (χ0n) is 8.62. The summed E-state index contributed by atoms with van der Waals surface area (Å²) in [7, 11) is 0. The molecule has 0 atom stereocenters. The molecule has 0 bridgehead atoms. The van der Waals surface area contributed by atoms with E-state index in [9.17, 15) is 0 Å². The molecule has 88 valence electrons. The summed E-state index contributed by atoms with van der Waals surface area (Å²) < 4.78 is 0. The Morgan fingerprint density at radius 1 is 1.06 bits per heavy atom. The van der Waals surface area contributed by atoms with Gasteiger partial charge in [-0.3, -0.25) is 4.98 Å². The predicted octanol–water partition coefficient (Wildman–Crippen LogP) is 4.05. The summed E-state index contributed by atoms with van der Waals surface area (Å²) in [5.41, 5.74) is 1.07. The largest absolute Gasteiger partial charge is 0.365 e. The highest BCUT2D eigenvalue weighted by molar-refractivity contribution is 6.42. The van der Waals surface area contributed by atoms with E-state index in [1.165, 1.54) is 0 Å². The molecule has 2 aromatic rings. The number of nitrogens with zero attached hydrogens (tertiary/aromatic N) is 2. The predicted molar refractivity (Wildman–Crippen MR) is 70.8 cm³/mol. The van der Waals surface area contributed by atoms with Crippen LogP contribution in [0.5, 0.6) is 0 Å². The Hall–Kier alpha value is -1.03. The molecule has 2 rings (SSSR count). The lowest BCUT2D eigenvalue weighted by Crippen LogP contribution is -2.02. The van der Waals surface area contributed by atoms with Gasteiger partial charge in [0, 0.05) is 18.9 Å². The van der Waals surface area contributed by atoms with E-state index in [2.05, 4.69) is 15.3 Å². The lowest BCUT2D eigenvalue weighted by atomic mass is 10.3. The third-order valence-corrected chi connectivity index (χ3v) is 3.06. The zero-order valence-corrected chi connectivity index (χ0v) is 10.9. The van der Waals surface area contributed by atoms with Gasteiger partial charge >= 0.3 is 0 Å². The van der Waals surface area contributed by atoms with Crippen LogP contribution in [0.2, 0.25) is 15.2 Å². The monoisotopic (exact) mass is 287 g/mol. The minimum atomic E-state index is 0.230. The Bertz CT molecular complexity index is 517. The van der Waals surface area contributed by atoms with Crippen LogP contribution in [0.4, 0.5) is 5.82 Å². The fourth-order valence-electron chi connectivity index (χ4n) is 1.25. The molecule has 1 N–H and O–H groups in total. The summed E-state index contributed by atoms with van der Waals surface area (Å²) in [6, 6.07) is 5.37. The van der Waals surface area contributed by atoms with Gasteiger partial charge in [0.15, 0.2) is 0 Å². The van der Waals surface area contributed by atoms with Crippen LogP contribution in [0, 0.1) is 0 Å². The minimum Gasteiger partial charge on any atom is -0.365 e. The molecule has 6 heteroatoms. The maximum absolute atomic E-state index is 5.99. The second kappa shape index (κ2) is 5.54. The van der Waals surface area contributed by atoms with E-state index in [0.29, 0.717) is 22.4 Å². The van der Waals surface area contributed by atoms with Crippen LogP contribution in [0.25, 0.3) is 0 Å². The Labute approximate surface area is 114 Å². The lowest BCUT2D eigenvalue weighted by Gasteiger charge is -2.08. The number of hydrogen-bond acceptors (Lipinski definition) is 3. The first-order chi connectivity index (χ1) is 8.16. The molecule has 0 saturated heterocycles. The molecule has 0 aliphatic carbocycles. The van der Waals surface area contributed by atoms with Crippen molar-refractivity contribution >= 4 is 40.6 Å². The normalized spacial score (nSPS) is 10.3. The maximum Gasteiger partial charge on any atom is 0.150 e. The topological polar surface area (TPSA) is 37.8 Å². The van der Waals surface area contributed by atoms with Gasteiger partial charge in [-0.25, -0.2) is 4.98 Å². The SMILES string of the molecule is Clc1cc(Cl)c(NCc2ccncc2)nc1Cl. The van der Waals surface area contributed by atoms with Gasteiger partial charge in [0.05, 0.1) is 10.0 Å². The van der Waals surface area contributed by atoms with Crippen molar-refractivity contribution in [3.63, 3.8) is 0 Å². The van der Waals surface area contributed by atoms with Crippen molar-refractivity contribution in [2.45, 2.75) is 6.54 Å². The summed E-state index contributed by atoms with van der Waals surface area (Å²) in [4.78, 5) is 8.00. The van der Waals surface area contributed by atoms with E-state index in [0.717, 1.165) is 5.56 Å². The molecule has 0 aromatic carbocycles. The van der Waals surface area contributed by atoms with Crippen LogP contribution >= 0.6 is 34.8 Å². The van der Waals surface area contributed by atoms with Crippen LogP contribution in [-0.2, 0) is 6.54 Å². The summed E-state index contributed by atoms with van der Waals surface area (Å²) in [6.07, 6.45) is 3.45. The van der Waals surface area contributed by atoms with Crippen molar-refractivity contribution in [3.8, 4) is 0 Å². The number of nitrogens with one attached hydrogen (secondary N) is 1. The van der Waals surface area contributed by atoms with Gasteiger partial charge in [-0.05, 0) is 23.8 Å². The molecule has 2 heterocycles. The number of anilines is 1. The molecular formula is C11H8Cl3N3. The Morgan fingerprint density at radius 3 is 2.47 bits per heavy atom. The van der Waals surface area contributed by atoms with Crippen molar-refractivity contribution in [2.24, 2.45) is 0 Å². The molecule has 17 heavy (non-hydrogen) atoms. The van der Waals surface area contributed by atoms with Crippen LogP contribution in [-0.4, -0.2) is 9.97 Å². The molecule has 0 unspecified atom stereocenters. The standard InChI is InChI=1S/C11H8Cl3N3/c12-8-5-9(13)11(17-10(8)14)16-6-7-1-3-15-4-2-7/h1-5H,6H2,(H,16,17). The van der Waals surface area contributed by atoms with Gasteiger partial charge in [0.1, 0.15) is 11.0 Å². The van der Waals surface area contributed by atoms with Crippen LogP contribution in [0.1, 0.15) is 5.56 Å². The van der Waals surface area contributed by atoms with E-state index in [-0.39, 0.29) is 5.15 Å². The van der Waals surface area contributed by atoms with E-state index in [4.69, 9.17) is 34.8 Å². The van der Waals surface area contributed by atoms with Gasteiger partial charge in [-0.1, -0.05) is 34.8 Å². The maximum atomic E-state index is 5.99. The second-order valence-electron chi connectivity index (χ2n) is 3.30. The van der Waals surface area contributed by atoms with Crippen LogP contribution in [0.3, 0.4) is 0 Å². The number of hydrogen-bond donors (Lipinski definition) is 1. The first-order valence-corrected chi connectivity index (χ1v) is 5.94. The van der Waals surface area contributed by atoms with E-state index in [1.807, 2.05) is 12.1 Å². The van der Waals surface area contributed by atoms with Crippen molar-refractivity contribution in [2.75, 3.05) is 5.32 Å². The zero-order chi connectivity index (χ0) is 12.3. The molecule has 0 fully saturated rings. The molecule has 0 aliphatic heterocycles. The molecule has 3 nitrogen and oxygen atoms in total. The minimum absolute atomic E-state index is 0.230. The Kier molecular flexibility index (Phi) is 4.05. The number of halogens is 3. The summed E-state index contributed by atoms with van der Waals surface area (Å²) in [5, 5.41) is 4.09. The highest BCUT2D eigenvalue weighted by Gasteiger charge is 2.07. The molecule has 2 aromatic heterocycles.